The number of hydrogen-bond donors (Lipinski definition) is 2. The number of likely N-dealkylation sites (tertiary alicyclic amines) is 1. The normalized spacial score (nSPS) is 30.9. The molecular formula is C14H24N2O4. The van der Waals surface area contributed by atoms with Crippen LogP contribution in [0.5, 0.6) is 0 Å². The summed E-state index contributed by atoms with van der Waals surface area (Å²) in [6.45, 7) is 4.17. The van der Waals surface area contributed by atoms with Crippen LogP contribution >= 0.6 is 0 Å². The van der Waals surface area contributed by atoms with Crippen LogP contribution in [0.3, 0.4) is 0 Å². The lowest BCUT2D eigenvalue weighted by Crippen LogP contribution is -2.49. The molecule has 0 aromatic rings. The number of carboxylic acid groups (broad SMARTS) is 1. The predicted octanol–water partition coefficient (Wildman–Crippen LogP) is 1.31. The van der Waals surface area contributed by atoms with Crippen LogP contribution in [0.4, 0.5) is 4.79 Å². The molecule has 3 atom stereocenters. The molecule has 0 bridgehead atoms. The van der Waals surface area contributed by atoms with Crippen molar-refractivity contribution in [3.05, 3.63) is 0 Å². The van der Waals surface area contributed by atoms with Gasteiger partial charge in [-0.15, -0.1) is 0 Å². The van der Waals surface area contributed by atoms with E-state index < -0.39 is 17.9 Å². The third kappa shape index (κ3) is 3.62. The lowest BCUT2D eigenvalue weighted by Gasteiger charge is -2.24. The Bertz CT molecular complexity index is 361. The van der Waals surface area contributed by atoms with Gasteiger partial charge in [-0.3, -0.25) is 4.79 Å². The van der Waals surface area contributed by atoms with Gasteiger partial charge in [0.2, 0.25) is 0 Å². The van der Waals surface area contributed by atoms with Crippen molar-refractivity contribution >= 4 is 12.0 Å². The Kier molecular flexibility index (Phi) is 5.23. The molecule has 2 aliphatic rings. The SMILES string of the molecule is CCC1CCCN(C(=O)NC2COCC2C(=O)O)CC1. The maximum atomic E-state index is 12.2. The van der Waals surface area contributed by atoms with E-state index in [2.05, 4.69) is 12.2 Å². The van der Waals surface area contributed by atoms with E-state index in [1.165, 1.54) is 6.42 Å². The fourth-order valence-corrected chi connectivity index (χ4v) is 2.97. The number of nitrogens with one attached hydrogen (secondary N) is 1. The Labute approximate surface area is 119 Å². The zero-order valence-electron chi connectivity index (χ0n) is 12.0. The first-order valence-electron chi connectivity index (χ1n) is 7.47. The van der Waals surface area contributed by atoms with Gasteiger partial charge >= 0.3 is 12.0 Å². The van der Waals surface area contributed by atoms with Crippen LogP contribution in [0.15, 0.2) is 0 Å². The Morgan fingerprint density at radius 3 is 2.80 bits per heavy atom. The zero-order chi connectivity index (χ0) is 14.5. The van der Waals surface area contributed by atoms with E-state index >= 15 is 0 Å². The first-order valence-corrected chi connectivity index (χ1v) is 7.47. The molecule has 0 radical (unpaired) electrons. The summed E-state index contributed by atoms with van der Waals surface area (Å²) in [5.41, 5.74) is 0. The highest BCUT2D eigenvalue weighted by atomic mass is 16.5. The Morgan fingerprint density at radius 2 is 2.10 bits per heavy atom. The van der Waals surface area contributed by atoms with E-state index in [0.717, 1.165) is 32.4 Å². The Morgan fingerprint density at radius 1 is 1.30 bits per heavy atom. The molecule has 0 aromatic heterocycles. The van der Waals surface area contributed by atoms with Gasteiger partial charge in [0.05, 0.1) is 19.3 Å². The summed E-state index contributed by atoms with van der Waals surface area (Å²) in [7, 11) is 0. The highest BCUT2D eigenvalue weighted by Gasteiger charge is 2.36. The Hall–Kier alpha value is -1.30. The van der Waals surface area contributed by atoms with Gasteiger partial charge in [-0.2, -0.15) is 0 Å². The van der Waals surface area contributed by atoms with Crippen molar-refractivity contribution in [2.45, 2.75) is 38.6 Å². The molecule has 114 valence electrons. The van der Waals surface area contributed by atoms with Crippen LogP contribution in [0.1, 0.15) is 32.6 Å². The molecule has 0 aliphatic carbocycles. The highest BCUT2D eigenvalue weighted by molar-refractivity contribution is 5.77. The summed E-state index contributed by atoms with van der Waals surface area (Å²) in [5.74, 6) is -0.835. The lowest BCUT2D eigenvalue weighted by atomic mass is 9.98. The second-order valence-electron chi connectivity index (χ2n) is 5.73. The van der Waals surface area contributed by atoms with Crippen molar-refractivity contribution in [3.8, 4) is 0 Å². The van der Waals surface area contributed by atoms with Crippen LogP contribution < -0.4 is 5.32 Å². The lowest BCUT2D eigenvalue weighted by molar-refractivity contribution is -0.142. The van der Waals surface area contributed by atoms with Crippen molar-refractivity contribution in [2.75, 3.05) is 26.3 Å². The number of carbonyl (C=O) groups excluding carboxylic acids is 1. The minimum atomic E-state index is -0.908. The summed E-state index contributed by atoms with van der Waals surface area (Å²) in [5, 5.41) is 11.9. The minimum Gasteiger partial charge on any atom is -0.481 e. The quantitative estimate of drug-likeness (QED) is 0.819. The van der Waals surface area contributed by atoms with Gasteiger partial charge in [0, 0.05) is 13.1 Å². The maximum absolute atomic E-state index is 12.2. The van der Waals surface area contributed by atoms with E-state index in [4.69, 9.17) is 9.84 Å². The molecular weight excluding hydrogens is 260 g/mol. The smallest absolute Gasteiger partial charge is 0.317 e. The third-order valence-corrected chi connectivity index (χ3v) is 4.42. The zero-order valence-corrected chi connectivity index (χ0v) is 12.0. The average Bonchev–Trinajstić information content (AvgIpc) is 2.74. The standard InChI is InChI=1S/C14H24N2O4/c1-2-10-4-3-6-16(7-5-10)14(19)15-12-9-20-8-11(12)13(17)18/h10-12H,2-9H2,1H3,(H,15,19)(H,17,18). The predicted molar refractivity (Wildman–Crippen MR) is 73.5 cm³/mol. The highest BCUT2D eigenvalue weighted by Crippen LogP contribution is 2.21. The average molecular weight is 284 g/mol. The van der Waals surface area contributed by atoms with E-state index in [1.54, 1.807) is 0 Å². The van der Waals surface area contributed by atoms with Crippen molar-refractivity contribution in [1.82, 2.24) is 10.2 Å². The van der Waals surface area contributed by atoms with E-state index in [1.807, 2.05) is 4.90 Å². The van der Waals surface area contributed by atoms with Crippen molar-refractivity contribution < 1.29 is 19.4 Å². The van der Waals surface area contributed by atoms with E-state index in [-0.39, 0.29) is 19.2 Å². The van der Waals surface area contributed by atoms with Gasteiger partial charge in [-0.1, -0.05) is 13.3 Å². The summed E-state index contributed by atoms with van der Waals surface area (Å²) in [6.07, 6.45) is 4.39. The second-order valence-corrected chi connectivity index (χ2v) is 5.73. The number of carbonyl (C=O) groups is 2. The monoisotopic (exact) mass is 284 g/mol. The van der Waals surface area contributed by atoms with Gasteiger partial charge in [0.25, 0.3) is 0 Å². The molecule has 2 fully saturated rings. The van der Waals surface area contributed by atoms with Crippen molar-refractivity contribution in [1.29, 1.82) is 0 Å². The fraction of sp³-hybridized carbons (Fsp3) is 0.857. The molecule has 2 aliphatic heterocycles. The number of aliphatic carboxylic acids is 1. The molecule has 6 nitrogen and oxygen atoms in total. The summed E-state index contributed by atoms with van der Waals surface area (Å²) >= 11 is 0. The first kappa shape index (κ1) is 15.1. The number of nitrogens with zero attached hydrogens (tertiary/aromatic N) is 1. The van der Waals surface area contributed by atoms with E-state index in [0.29, 0.717) is 5.92 Å². The molecule has 3 unspecified atom stereocenters. The molecule has 2 amide bonds. The molecule has 6 heteroatoms. The minimum absolute atomic E-state index is 0.150. The summed E-state index contributed by atoms with van der Waals surface area (Å²) in [4.78, 5) is 25.1. The number of ether oxygens (including phenoxy) is 1. The number of hydrogen-bond acceptors (Lipinski definition) is 3. The molecule has 0 spiro atoms. The van der Waals surface area contributed by atoms with Gasteiger partial charge < -0.3 is 20.1 Å². The second kappa shape index (κ2) is 6.92. The number of urea groups is 1. The molecule has 2 N–H and O–H groups in total. The molecule has 0 aromatic carbocycles. The van der Waals surface area contributed by atoms with Crippen LogP contribution in [-0.4, -0.2) is 54.4 Å². The van der Waals surface area contributed by atoms with Gasteiger partial charge in [-0.25, -0.2) is 4.79 Å². The summed E-state index contributed by atoms with van der Waals surface area (Å²) < 4.78 is 5.16. The van der Waals surface area contributed by atoms with Crippen molar-refractivity contribution in [2.24, 2.45) is 11.8 Å². The fourth-order valence-electron chi connectivity index (χ4n) is 2.97. The van der Waals surface area contributed by atoms with Crippen molar-refractivity contribution in [3.63, 3.8) is 0 Å². The van der Waals surface area contributed by atoms with E-state index in [9.17, 15) is 9.59 Å². The van der Waals surface area contributed by atoms with Crippen LogP contribution in [0.2, 0.25) is 0 Å². The van der Waals surface area contributed by atoms with Crippen LogP contribution in [0, 0.1) is 11.8 Å². The molecule has 2 saturated heterocycles. The van der Waals surface area contributed by atoms with Crippen LogP contribution in [-0.2, 0) is 9.53 Å². The topological polar surface area (TPSA) is 78.9 Å². The number of rotatable bonds is 3. The largest absolute Gasteiger partial charge is 0.481 e. The third-order valence-electron chi connectivity index (χ3n) is 4.42. The van der Waals surface area contributed by atoms with Gasteiger partial charge in [0.1, 0.15) is 5.92 Å². The van der Waals surface area contributed by atoms with Gasteiger partial charge in [0.15, 0.2) is 0 Å². The van der Waals surface area contributed by atoms with Crippen LogP contribution in [0.25, 0.3) is 0 Å². The Balaban J connectivity index is 1.86. The molecule has 2 rings (SSSR count). The molecule has 2 heterocycles. The van der Waals surface area contributed by atoms with Gasteiger partial charge in [-0.05, 0) is 25.2 Å². The number of amides is 2. The number of carboxylic acids is 1. The summed E-state index contributed by atoms with van der Waals surface area (Å²) in [6, 6.07) is -0.561. The molecule has 20 heavy (non-hydrogen) atoms. The maximum Gasteiger partial charge on any atom is 0.317 e. The molecule has 0 saturated carbocycles. The first-order chi connectivity index (χ1) is 9.61.